The third kappa shape index (κ3) is 4.75. The van der Waals surface area contributed by atoms with Crippen LogP contribution in [0.1, 0.15) is 49.8 Å². The summed E-state index contributed by atoms with van der Waals surface area (Å²) in [5.41, 5.74) is 3.38. The number of fused-ring (bicyclic) bond motifs is 3. The molecular weight excluding hydrogens is 436 g/mol. The molecule has 0 spiro atoms. The van der Waals surface area contributed by atoms with Crippen LogP contribution < -0.4 is 9.64 Å². The van der Waals surface area contributed by atoms with Crippen LogP contribution >= 0.6 is 0 Å². The zero-order chi connectivity index (χ0) is 24.5. The zero-order valence-corrected chi connectivity index (χ0v) is 20.3. The fourth-order valence-corrected chi connectivity index (χ4v) is 4.32. The third-order valence-electron chi connectivity index (χ3n) is 5.77. The quantitative estimate of drug-likeness (QED) is 0.481. The summed E-state index contributed by atoms with van der Waals surface area (Å²) >= 11 is 0. The van der Waals surface area contributed by atoms with Crippen LogP contribution in [0.3, 0.4) is 0 Å². The number of rotatable bonds is 7. The number of H-pyrrole nitrogens is 1. The van der Waals surface area contributed by atoms with Crippen molar-refractivity contribution in [2.24, 2.45) is 0 Å². The maximum atomic E-state index is 13.1. The molecule has 1 unspecified atom stereocenters. The molecule has 2 heterocycles. The monoisotopic (exact) mass is 468 g/mol. The summed E-state index contributed by atoms with van der Waals surface area (Å²) in [6, 6.07) is 13.6. The summed E-state index contributed by atoms with van der Waals surface area (Å²) in [5.74, 6) is 0.322. The number of hydrogen-bond acceptors (Lipinski definition) is 6. The molecule has 1 atom stereocenters. The van der Waals surface area contributed by atoms with E-state index in [9.17, 15) is 9.90 Å². The maximum Gasteiger partial charge on any atom is 0.414 e. The average molecular weight is 469 g/mol. The number of aliphatic hydroxyl groups is 1. The van der Waals surface area contributed by atoms with E-state index in [-0.39, 0.29) is 12.5 Å². The maximum absolute atomic E-state index is 13.1. The Morgan fingerprint density at radius 1 is 1.18 bits per heavy atom. The number of ether oxygens (including phenoxy) is 4. The van der Waals surface area contributed by atoms with E-state index in [1.54, 1.807) is 19.1 Å². The normalized spacial score (nSPS) is 15.7. The number of aromatic nitrogens is 1. The van der Waals surface area contributed by atoms with Crippen molar-refractivity contribution in [2.75, 3.05) is 32.3 Å². The first-order valence-corrected chi connectivity index (χ1v) is 11.3. The molecule has 4 rings (SSSR count). The van der Waals surface area contributed by atoms with Gasteiger partial charge in [0.15, 0.2) is 6.29 Å². The molecule has 182 valence electrons. The summed E-state index contributed by atoms with van der Waals surface area (Å²) < 4.78 is 22.8. The van der Waals surface area contributed by atoms with Crippen molar-refractivity contribution in [3.05, 3.63) is 59.3 Å². The van der Waals surface area contributed by atoms with Gasteiger partial charge in [0.05, 0.1) is 23.5 Å². The molecule has 34 heavy (non-hydrogen) atoms. The van der Waals surface area contributed by atoms with E-state index in [0.29, 0.717) is 30.3 Å². The summed E-state index contributed by atoms with van der Waals surface area (Å²) in [4.78, 5) is 18.0. The SMILES string of the molecule is COC(OC)c1cc2c3c(cc(OCc4ccccc4)c2[nH]1)N(C(=O)OC(C)(C)C)CC3CO. The number of carbonyl (C=O) groups is 1. The minimum Gasteiger partial charge on any atom is -0.487 e. The van der Waals surface area contributed by atoms with Crippen molar-refractivity contribution in [1.82, 2.24) is 4.98 Å². The first-order chi connectivity index (χ1) is 16.3. The van der Waals surface area contributed by atoms with Crippen LogP contribution in [-0.2, 0) is 20.8 Å². The second kappa shape index (κ2) is 9.66. The number of nitrogens with zero attached hydrogens (tertiary/aromatic N) is 1. The zero-order valence-electron chi connectivity index (χ0n) is 20.3. The highest BCUT2D eigenvalue weighted by atomic mass is 16.7. The van der Waals surface area contributed by atoms with Crippen LogP contribution in [0, 0.1) is 0 Å². The predicted molar refractivity (Wildman–Crippen MR) is 129 cm³/mol. The van der Waals surface area contributed by atoms with E-state index in [1.165, 1.54) is 0 Å². The summed E-state index contributed by atoms with van der Waals surface area (Å²) in [6.07, 6.45) is -1.05. The number of aromatic amines is 1. The Labute approximate surface area is 199 Å². The number of methoxy groups -OCH3 is 2. The number of benzene rings is 2. The third-order valence-corrected chi connectivity index (χ3v) is 5.77. The molecule has 2 aromatic carbocycles. The van der Waals surface area contributed by atoms with Gasteiger partial charge in [-0.05, 0) is 38.0 Å². The Morgan fingerprint density at radius 2 is 1.88 bits per heavy atom. The lowest BCUT2D eigenvalue weighted by Gasteiger charge is -2.25. The van der Waals surface area contributed by atoms with Crippen LogP contribution in [0.15, 0.2) is 42.5 Å². The summed E-state index contributed by atoms with van der Waals surface area (Å²) in [7, 11) is 3.13. The topological polar surface area (TPSA) is 93.3 Å². The van der Waals surface area contributed by atoms with Crippen molar-refractivity contribution in [1.29, 1.82) is 0 Å². The van der Waals surface area contributed by atoms with Crippen LogP contribution in [0.4, 0.5) is 10.5 Å². The van der Waals surface area contributed by atoms with E-state index >= 15 is 0 Å². The van der Waals surface area contributed by atoms with Crippen LogP contribution in [0.5, 0.6) is 5.75 Å². The van der Waals surface area contributed by atoms with Crippen molar-refractivity contribution >= 4 is 22.7 Å². The molecule has 0 fully saturated rings. The second-order valence-electron chi connectivity index (χ2n) is 9.37. The molecule has 1 aromatic heterocycles. The Morgan fingerprint density at radius 3 is 2.50 bits per heavy atom. The number of anilines is 1. The van der Waals surface area contributed by atoms with E-state index in [1.807, 2.05) is 63.2 Å². The number of nitrogens with one attached hydrogen (secondary N) is 1. The van der Waals surface area contributed by atoms with Gasteiger partial charge in [0.2, 0.25) is 0 Å². The highest BCUT2D eigenvalue weighted by Crippen LogP contribution is 2.46. The molecule has 1 aliphatic rings. The van der Waals surface area contributed by atoms with Gasteiger partial charge in [-0.15, -0.1) is 0 Å². The minimum atomic E-state index is -0.642. The average Bonchev–Trinajstić information content (AvgIpc) is 3.39. The molecule has 1 aliphatic heterocycles. The van der Waals surface area contributed by atoms with Gasteiger partial charge in [0.25, 0.3) is 0 Å². The molecule has 8 heteroatoms. The molecule has 2 N–H and O–H groups in total. The lowest BCUT2D eigenvalue weighted by Crippen LogP contribution is -2.36. The van der Waals surface area contributed by atoms with Crippen molar-refractivity contribution in [3.63, 3.8) is 0 Å². The fourth-order valence-electron chi connectivity index (χ4n) is 4.32. The summed E-state index contributed by atoms with van der Waals surface area (Å²) in [6.45, 7) is 6.06. The number of carbonyl (C=O) groups excluding carboxylic acids is 1. The van der Waals surface area contributed by atoms with Crippen LogP contribution in [-0.4, -0.2) is 49.2 Å². The lowest BCUT2D eigenvalue weighted by atomic mass is 9.98. The Balaban J connectivity index is 1.83. The Bertz CT molecular complexity index is 1150. The molecule has 3 aromatic rings. The van der Waals surface area contributed by atoms with Gasteiger partial charge in [0.1, 0.15) is 18.0 Å². The van der Waals surface area contributed by atoms with Gasteiger partial charge < -0.3 is 29.0 Å². The highest BCUT2D eigenvalue weighted by molar-refractivity contribution is 6.01. The largest absolute Gasteiger partial charge is 0.487 e. The van der Waals surface area contributed by atoms with Gasteiger partial charge in [-0.2, -0.15) is 0 Å². The van der Waals surface area contributed by atoms with Gasteiger partial charge in [-0.3, -0.25) is 4.90 Å². The van der Waals surface area contributed by atoms with Crippen molar-refractivity contribution in [3.8, 4) is 5.75 Å². The van der Waals surface area contributed by atoms with E-state index < -0.39 is 18.0 Å². The van der Waals surface area contributed by atoms with Gasteiger partial charge in [-0.25, -0.2) is 4.79 Å². The molecule has 0 saturated heterocycles. The molecule has 0 bridgehead atoms. The van der Waals surface area contributed by atoms with Gasteiger partial charge in [0, 0.05) is 38.1 Å². The van der Waals surface area contributed by atoms with Gasteiger partial charge >= 0.3 is 6.09 Å². The highest BCUT2D eigenvalue weighted by Gasteiger charge is 2.37. The molecular formula is C26H32N2O6. The van der Waals surface area contributed by atoms with Crippen LogP contribution in [0.25, 0.3) is 10.9 Å². The van der Waals surface area contributed by atoms with Crippen LogP contribution in [0.2, 0.25) is 0 Å². The number of amides is 1. The van der Waals surface area contributed by atoms with E-state index in [4.69, 9.17) is 18.9 Å². The molecule has 0 saturated carbocycles. The number of hydrogen-bond donors (Lipinski definition) is 2. The van der Waals surface area contributed by atoms with E-state index in [2.05, 4.69) is 4.98 Å². The smallest absolute Gasteiger partial charge is 0.414 e. The Hall–Kier alpha value is -3.07. The predicted octanol–water partition coefficient (Wildman–Crippen LogP) is 4.87. The second-order valence-corrected chi connectivity index (χ2v) is 9.37. The standard InChI is InChI=1S/C26H32N2O6/c1-26(2,3)34-25(30)28-13-17(14-29)22-18-11-19(24(31-4)32-5)27-23(18)21(12-20(22)28)33-15-16-9-7-6-8-10-16/h6-12,17,24,27,29H,13-15H2,1-5H3. The number of aliphatic hydroxyl groups excluding tert-OH is 1. The minimum absolute atomic E-state index is 0.107. The molecule has 1 amide bonds. The molecule has 0 aliphatic carbocycles. The first kappa shape index (κ1) is 24.1. The van der Waals surface area contributed by atoms with E-state index in [0.717, 1.165) is 22.0 Å². The van der Waals surface area contributed by atoms with Crippen molar-refractivity contribution < 1.29 is 28.8 Å². The molecule has 0 radical (unpaired) electrons. The lowest BCUT2D eigenvalue weighted by molar-refractivity contribution is -0.108. The molecule has 8 nitrogen and oxygen atoms in total. The first-order valence-electron chi connectivity index (χ1n) is 11.3. The van der Waals surface area contributed by atoms with Gasteiger partial charge in [-0.1, -0.05) is 30.3 Å². The summed E-state index contributed by atoms with van der Waals surface area (Å²) in [5, 5.41) is 11.0. The van der Waals surface area contributed by atoms with Crippen molar-refractivity contribution in [2.45, 2.75) is 45.2 Å². The Kier molecular flexibility index (Phi) is 6.84. The fraction of sp³-hybridized carbons (Fsp3) is 0.423.